The van der Waals surface area contributed by atoms with Crippen molar-refractivity contribution in [3.05, 3.63) is 39.9 Å². The summed E-state index contributed by atoms with van der Waals surface area (Å²) in [5, 5.41) is 1.07. The molecule has 1 nitrogen and oxygen atoms in total. The summed E-state index contributed by atoms with van der Waals surface area (Å²) in [7, 11) is 0. The standard InChI is InChI=1S/C19H22Cl2O/c20-17-9-5-13(11-18(17)21)6-10-19(22)16-8-7-14-3-1-2-4-15(14)12-16/h5-6,9-11,14-16H,1-4,7-8,12H2/b10-6+. The molecule has 0 aromatic heterocycles. The smallest absolute Gasteiger partial charge is 0.158 e. The van der Waals surface area contributed by atoms with Gasteiger partial charge in [-0.1, -0.05) is 61.0 Å². The Hall–Kier alpha value is -0.790. The number of hydrogen-bond donors (Lipinski definition) is 0. The van der Waals surface area contributed by atoms with Gasteiger partial charge in [0, 0.05) is 5.92 Å². The highest BCUT2D eigenvalue weighted by atomic mass is 35.5. The Labute approximate surface area is 142 Å². The largest absolute Gasteiger partial charge is 0.295 e. The van der Waals surface area contributed by atoms with Crippen LogP contribution in [0.1, 0.15) is 50.5 Å². The van der Waals surface area contributed by atoms with Crippen molar-refractivity contribution in [2.24, 2.45) is 17.8 Å². The van der Waals surface area contributed by atoms with Gasteiger partial charge < -0.3 is 0 Å². The van der Waals surface area contributed by atoms with Crippen molar-refractivity contribution < 1.29 is 4.79 Å². The molecule has 3 rings (SSSR count). The first kappa shape index (κ1) is 16.1. The SMILES string of the molecule is O=C(/C=C/c1ccc(Cl)c(Cl)c1)C1CCC2CCCCC2C1. The first-order valence-corrected chi connectivity index (χ1v) is 9.06. The lowest BCUT2D eigenvalue weighted by molar-refractivity contribution is -0.120. The number of benzene rings is 1. The lowest BCUT2D eigenvalue weighted by Crippen LogP contribution is -2.30. The van der Waals surface area contributed by atoms with E-state index in [0.29, 0.717) is 10.0 Å². The van der Waals surface area contributed by atoms with Crippen LogP contribution >= 0.6 is 23.2 Å². The van der Waals surface area contributed by atoms with E-state index < -0.39 is 0 Å². The monoisotopic (exact) mass is 336 g/mol. The molecule has 2 saturated carbocycles. The highest BCUT2D eigenvalue weighted by Crippen LogP contribution is 2.43. The lowest BCUT2D eigenvalue weighted by Gasteiger charge is -2.38. The summed E-state index contributed by atoms with van der Waals surface area (Å²) in [6.45, 7) is 0. The molecule has 3 heteroatoms. The summed E-state index contributed by atoms with van der Waals surface area (Å²) in [5.74, 6) is 2.17. The van der Waals surface area contributed by atoms with Crippen molar-refractivity contribution in [3.8, 4) is 0 Å². The van der Waals surface area contributed by atoms with Gasteiger partial charge in [0.1, 0.15) is 0 Å². The fraction of sp³-hybridized carbons (Fsp3) is 0.526. The Bertz CT molecular complexity index is 579. The maximum atomic E-state index is 12.5. The van der Waals surface area contributed by atoms with Gasteiger partial charge in [0.15, 0.2) is 5.78 Å². The minimum absolute atomic E-state index is 0.221. The average Bonchev–Trinajstić information content (AvgIpc) is 2.55. The molecule has 0 saturated heterocycles. The molecule has 3 atom stereocenters. The predicted molar refractivity (Wildman–Crippen MR) is 93.3 cm³/mol. The zero-order valence-electron chi connectivity index (χ0n) is 12.7. The Morgan fingerprint density at radius 1 is 1.00 bits per heavy atom. The van der Waals surface area contributed by atoms with Gasteiger partial charge in [0.05, 0.1) is 10.0 Å². The third kappa shape index (κ3) is 3.75. The number of carbonyl (C=O) groups is 1. The van der Waals surface area contributed by atoms with Gasteiger partial charge in [-0.05, 0) is 54.9 Å². The van der Waals surface area contributed by atoms with E-state index in [1.165, 1.54) is 32.1 Å². The average molecular weight is 337 g/mol. The van der Waals surface area contributed by atoms with Crippen LogP contribution < -0.4 is 0 Å². The molecule has 0 radical (unpaired) electrons. The first-order chi connectivity index (χ1) is 10.6. The second-order valence-corrected chi connectivity index (χ2v) is 7.54. The molecule has 0 aliphatic heterocycles. The van der Waals surface area contributed by atoms with Crippen LogP contribution in [-0.4, -0.2) is 5.78 Å². The number of hydrogen-bond acceptors (Lipinski definition) is 1. The normalized spacial score (nSPS) is 28.5. The molecule has 0 heterocycles. The molecule has 3 unspecified atom stereocenters. The van der Waals surface area contributed by atoms with Crippen LogP contribution in [0.4, 0.5) is 0 Å². The Morgan fingerprint density at radius 3 is 2.55 bits per heavy atom. The Morgan fingerprint density at radius 2 is 1.77 bits per heavy atom. The number of rotatable bonds is 3. The third-order valence-corrected chi connectivity index (χ3v) is 6.06. The van der Waals surface area contributed by atoms with Crippen molar-refractivity contribution in [2.45, 2.75) is 44.9 Å². The molecule has 1 aromatic carbocycles. The molecular formula is C19H22Cl2O. The van der Waals surface area contributed by atoms with Gasteiger partial charge in [-0.3, -0.25) is 4.79 Å². The van der Waals surface area contributed by atoms with Crippen molar-refractivity contribution in [1.82, 2.24) is 0 Å². The van der Waals surface area contributed by atoms with E-state index in [9.17, 15) is 4.79 Å². The van der Waals surface area contributed by atoms with Crippen LogP contribution in [0.3, 0.4) is 0 Å². The van der Waals surface area contributed by atoms with E-state index in [2.05, 4.69) is 0 Å². The molecule has 2 fully saturated rings. The van der Waals surface area contributed by atoms with Gasteiger partial charge in [-0.2, -0.15) is 0 Å². The fourth-order valence-electron chi connectivity index (χ4n) is 4.06. The Kier molecular flexibility index (Phi) is 5.25. The summed E-state index contributed by atoms with van der Waals surface area (Å²) < 4.78 is 0. The number of ketones is 1. The molecule has 2 aliphatic rings. The van der Waals surface area contributed by atoms with E-state index in [4.69, 9.17) is 23.2 Å². The van der Waals surface area contributed by atoms with E-state index in [1.807, 2.05) is 12.1 Å². The van der Waals surface area contributed by atoms with Gasteiger partial charge in [-0.15, -0.1) is 0 Å². The molecular weight excluding hydrogens is 315 g/mol. The topological polar surface area (TPSA) is 17.1 Å². The summed E-state index contributed by atoms with van der Waals surface area (Å²) in [6.07, 6.45) is 12.4. The minimum atomic E-state index is 0.221. The van der Waals surface area contributed by atoms with E-state index >= 15 is 0 Å². The number of halogens is 2. The summed E-state index contributed by atoms with van der Waals surface area (Å²) in [5.41, 5.74) is 0.925. The van der Waals surface area contributed by atoms with Crippen LogP contribution in [0.2, 0.25) is 10.0 Å². The van der Waals surface area contributed by atoms with Crippen LogP contribution in [0.15, 0.2) is 24.3 Å². The summed E-state index contributed by atoms with van der Waals surface area (Å²) in [4.78, 5) is 12.5. The molecule has 0 spiro atoms. The molecule has 2 aliphatic carbocycles. The van der Waals surface area contributed by atoms with Crippen LogP contribution in [0.25, 0.3) is 6.08 Å². The highest BCUT2D eigenvalue weighted by Gasteiger charge is 2.34. The zero-order chi connectivity index (χ0) is 15.5. The van der Waals surface area contributed by atoms with E-state index in [0.717, 1.165) is 30.2 Å². The molecule has 22 heavy (non-hydrogen) atoms. The van der Waals surface area contributed by atoms with E-state index in [-0.39, 0.29) is 11.7 Å². The van der Waals surface area contributed by atoms with Gasteiger partial charge in [-0.25, -0.2) is 0 Å². The second-order valence-electron chi connectivity index (χ2n) is 6.72. The summed E-state index contributed by atoms with van der Waals surface area (Å²) >= 11 is 11.9. The first-order valence-electron chi connectivity index (χ1n) is 8.30. The maximum Gasteiger partial charge on any atom is 0.158 e. The van der Waals surface area contributed by atoms with Crippen LogP contribution in [0, 0.1) is 17.8 Å². The van der Waals surface area contributed by atoms with Crippen LogP contribution in [0.5, 0.6) is 0 Å². The third-order valence-electron chi connectivity index (χ3n) is 5.33. The molecule has 1 aromatic rings. The predicted octanol–water partition coefficient (Wildman–Crippen LogP) is 6.18. The molecule has 0 N–H and O–H groups in total. The quantitative estimate of drug-likeness (QED) is 0.602. The summed E-state index contributed by atoms with van der Waals surface area (Å²) in [6, 6.07) is 5.45. The molecule has 0 bridgehead atoms. The minimum Gasteiger partial charge on any atom is -0.295 e. The number of fused-ring (bicyclic) bond motifs is 1. The number of carbonyl (C=O) groups excluding carboxylic acids is 1. The molecule has 118 valence electrons. The van der Waals surface area contributed by atoms with Crippen molar-refractivity contribution >= 4 is 35.1 Å². The van der Waals surface area contributed by atoms with Gasteiger partial charge >= 0.3 is 0 Å². The van der Waals surface area contributed by atoms with Crippen molar-refractivity contribution in [2.75, 3.05) is 0 Å². The fourth-order valence-corrected chi connectivity index (χ4v) is 4.37. The zero-order valence-corrected chi connectivity index (χ0v) is 14.2. The number of allylic oxidation sites excluding steroid dienone is 1. The Balaban J connectivity index is 1.61. The molecule has 0 amide bonds. The lowest BCUT2D eigenvalue weighted by atomic mass is 9.67. The van der Waals surface area contributed by atoms with Crippen molar-refractivity contribution in [1.29, 1.82) is 0 Å². The van der Waals surface area contributed by atoms with Crippen molar-refractivity contribution in [3.63, 3.8) is 0 Å². The van der Waals surface area contributed by atoms with E-state index in [1.54, 1.807) is 18.2 Å². The van der Waals surface area contributed by atoms with Crippen LogP contribution in [-0.2, 0) is 4.79 Å². The highest BCUT2D eigenvalue weighted by molar-refractivity contribution is 6.42. The maximum absolute atomic E-state index is 12.5. The van der Waals surface area contributed by atoms with Gasteiger partial charge in [0.25, 0.3) is 0 Å². The second kappa shape index (κ2) is 7.19. The van der Waals surface area contributed by atoms with Gasteiger partial charge in [0.2, 0.25) is 0 Å².